The zero-order valence-corrected chi connectivity index (χ0v) is 16.9. The summed E-state index contributed by atoms with van der Waals surface area (Å²) in [5.74, 6) is 0.725. The molecule has 2 aromatic carbocycles. The Balaban J connectivity index is 1.65. The van der Waals surface area contributed by atoms with E-state index in [0.717, 1.165) is 20.9 Å². The highest BCUT2D eigenvalue weighted by Crippen LogP contribution is 2.24. The third-order valence-electron chi connectivity index (χ3n) is 4.81. The number of amides is 1. The molecular weight excluding hydrogens is 420 g/mol. The summed E-state index contributed by atoms with van der Waals surface area (Å²) in [6.45, 7) is 2.38. The predicted molar refractivity (Wildman–Crippen MR) is 112 cm³/mol. The summed E-state index contributed by atoms with van der Waals surface area (Å²) >= 11 is 3.51. The highest BCUT2D eigenvalue weighted by Gasteiger charge is 2.27. The first-order chi connectivity index (χ1) is 13.7. The lowest BCUT2D eigenvalue weighted by Crippen LogP contribution is -2.48. The number of nitrogens with zero attached hydrogens (tertiary/aromatic N) is 3. The van der Waals surface area contributed by atoms with Gasteiger partial charge < -0.3 is 15.0 Å². The van der Waals surface area contributed by atoms with Gasteiger partial charge in [0.2, 0.25) is 5.91 Å². The Bertz CT molecular complexity index is 961. The Morgan fingerprint density at radius 3 is 2.71 bits per heavy atom. The van der Waals surface area contributed by atoms with E-state index >= 15 is 0 Å². The van der Waals surface area contributed by atoms with Crippen LogP contribution in [0.1, 0.15) is 5.56 Å². The Hall–Kier alpha value is -2.51. The van der Waals surface area contributed by atoms with Gasteiger partial charge in [0, 0.05) is 29.4 Å². The molecule has 2 heterocycles. The summed E-state index contributed by atoms with van der Waals surface area (Å²) < 4.78 is 6.34. The zero-order valence-electron chi connectivity index (χ0n) is 15.3. The van der Waals surface area contributed by atoms with Gasteiger partial charge in [0.25, 0.3) is 0 Å². The van der Waals surface area contributed by atoms with Crippen molar-refractivity contribution in [2.24, 2.45) is 0 Å². The van der Waals surface area contributed by atoms with E-state index in [2.05, 4.69) is 31.2 Å². The largest absolute Gasteiger partial charge is 0.378 e. The van der Waals surface area contributed by atoms with E-state index in [1.54, 1.807) is 0 Å². The van der Waals surface area contributed by atoms with Crippen LogP contribution in [0.3, 0.4) is 0 Å². The minimum absolute atomic E-state index is 0.0638. The number of benzene rings is 2. The van der Waals surface area contributed by atoms with Gasteiger partial charge in [0.15, 0.2) is 0 Å². The number of rotatable bonds is 5. The lowest BCUT2D eigenvalue weighted by atomic mass is 10.0. The second-order valence-electron chi connectivity index (χ2n) is 6.71. The first-order valence-electron chi connectivity index (χ1n) is 9.28. The fraction of sp³-hybridized carbons (Fsp3) is 0.286. The van der Waals surface area contributed by atoms with Crippen LogP contribution >= 0.6 is 15.9 Å². The van der Waals surface area contributed by atoms with Gasteiger partial charge in [-0.1, -0.05) is 46.3 Å². The number of ether oxygens (including phenoxy) is 1. The third kappa shape index (κ3) is 4.31. The first-order valence-corrected chi connectivity index (χ1v) is 10.1. The maximum Gasteiger partial charge on any atom is 0.245 e. The molecule has 0 bridgehead atoms. The molecule has 4 rings (SSSR count). The SMILES string of the molecule is O=C(C(Cc1ccccc1)Nc1ncnc2ccc(Br)cc12)N1CCOCC1. The minimum Gasteiger partial charge on any atom is -0.378 e. The summed E-state index contributed by atoms with van der Waals surface area (Å²) in [7, 11) is 0. The molecule has 1 fully saturated rings. The van der Waals surface area contributed by atoms with Crippen LogP contribution in [-0.4, -0.2) is 53.1 Å². The molecule has 0 radical (unpaired) electrons. The summed E-state index contributed by atoms with van der Waals surface area (Å²) in [6, 6.07) is 15.5. The fourth-order valence-corrected chi connectivity index (χ4v) is 3.72. The van der Waals surface area contributed by atoms with Crippen LogP contribution in [-0.2, 0) is 16.0 Å². The van der Waals surface area contributed by atoms with Crippen molar-refractivity contribution in [3.63, 3.8) is 0 Å². The van der Waals surface area contributed by atoms with Crippen molar-refractivity contribution in [1.29, 1.82) is 0 Å². The van der Waals surface area contributed by atoms with Gasteiger partial charge >= 0.3 is 0 Å². The van der Waals surface area contributed by atoms with E-state index < -0.39 is 6.04 Å². The van der Waals surface area contributed by atoms with Gasteiger partial charge in [-0.2, -0.15) is 0 Å². The topological polar surface area (TPSA) is 67.4 Å². The Morgan fingerprint density at radius 2 is 1.93 bits per heavy atom. The molecule has 1 aromatic heterocycles. The monoisotopic (exact) mass is 440 g/mol. The minimum atomic E-state index is -0.419. The van der Waals surface area contributed by atoms with Crippen LogP contribution in [0.15, 0.2) is 59.3 Å². The van der Waals surface area contributed by atoms with Crippen molar-refractivity contribution in [3.05, 3.63) is 64.9 Å². The molecule has 1 unspecified atom stereocenters. The molecule has 1 aliphatic heterocycles. The number of nitrogens with one attached hydrogen (secondary N) is 1. The Kier molecular flexibility index (Phi) is 5.83. The summed E-state index contributed by atoms with van der Waals surface area (Å²) in [6.07, 6.45) is 2.11. The summed E-state index contributed by atoms with van der Waals surface area (Å²) in [5, 5.41) is 4.27. The molecule has 3 aromatic rings. The van der Waals surface area contributed by atoms with Crippen LogP contribution in [0.2, 0.25) is 0 Å². The zero-order chi connectivity index (χ0) is 19.3. The predicted octanol–water partition coefficient (Wildman–Crippen LogP) is 3.27. The number of halogens is 1. The summed E-state index contributed by atoms with van der Waals surface area (Å²) in [4.78, 5) is 23.9. The van der Waals surface area contributed by atoms with Crippen LogP contribution in [0.25, 0.3) is 10.9 Å². The number of carbonyl (C=O) groups excluding carboxylic acids is 1. The molecule has 1 N–H and O–H groups in total. The fourth-order valence-electron chi connectivity index (χ4n) is 3.36. The van der Waals surface area contributed by atoms with Gasteiger partial charge in [-0.3, -0.25) is 4.79 Å². The maximum absolute atomic E-state index is 13.3. The second kappa shape index (κ2) is 8.67. The van der Waals surface area contributed by atoms with Crippen molar-refractivity contribution in [3.8, 4) is 0 Å². The quantitative estimate of drug-likeness (QED) is 0.659. The molecular formula is C21H21BrN4O2. The van der Waals surface area contributed by atoms with Crippen LogP contribution < -0.4 is 5.32 Å². The van der Waals surface area contributed by atoms with Crippen molar-refractivity contribution < 1.29 is 9.53 Å². The Labute approximate surface area is 172 Å². The Morgan fingerprint density at radius 1 is 1.14 bits per heavy atom. The third-order valence-corrected chi connectivity index (χ3v) is 5.31. The highest BCUT2D eigenvalue weighted by molar-refractivity contribution is 9.10. The van der Waals surface area contributed by atoms with Gasteiger partial charge in [0.1, 0.15) is 18.2 Å². The van der Waals surface area contributed by atoms with Crippen molar-refractivity contribution in [1.82, 2.24) is 14.9 Å². The van der Waals surface area contributed by atoms with Crippen molar-refractivity contribution in [2.75, 3.05) is 31.6 Å². The number of aromatic nitrogens is 2. The van der Waals surface area contributed by atoms with E-state index in [4.69, 9.17) is 4.74 Å². The van der Waals surface area contributed by atoms with E-state index in [1.165, 1.54) is 6.33 Å². The molecule has 28 heavy (non-hydrogen) atoms. The lowest BCUT2D eigenvalue weighted by molar-refractivity contribution is -0.136. The van der Waals surface area contributed by atoms with Crippen LogP contribution in [0.5, 0.6) is 0 Å². The lowest BCUT2D eigenvalue weighted by Gasteiger charge is -2.31. The molecule has 7 heteroatoms. The van der Waals surface area contributed by atoms with Gasteiger partial charge in [-0.15, -0.1) is 0 Å². The number of morpholine rings is 1. The normalized spacial score (nSPS) is 15.4. The smallest absolute Gasteiger partial charge is 0.245 e. The number of hydrogen-bond acceptors (Lipinski definition) is 5. The van der Waals surface area contributed by atoms with Gasteiger partial charge in [-0.25, -0.2) is 9.97 Å². The van der Waals surface area contributed by atoms with Crippen molar-refractivity contribution in [2.45, 2.75) is 12.5 Å². The molecule has 0 spiro atoms. The number of anilines is 1. The van der Waals surface area contributed by atoms with Crippen molar-refractivity contribution >= 4 is 38.6 Å². The molecule has 1 amide bonds. The van der Waals surface area contributed by atoms with Gasteiger partial charge in [0.05, 0.1) is 18.7 Å². The second-order valence-corrected chi connectivity index (χ2v) is 7.62. The molecule has 0 saturated carbocycles. The maximum atomic E-state index is 13.3. The molecule has 1 aliphatic rings. The van der Waals surface area contributed by atoms with Crippen LogP contribution in [0.4, 0.5) is 5.82 Å². The first kappa shape index (κ1) is 18.8. The summed E-state index contributed by atoms with van der Waals surface area (Å²) in [5.41, 5.74) is 1.93. The molecule has 0 aliphatic carbocycles. The van der Waals surface area contributed by atoms with E-state index in [0.29, 0.717) is 38.5 Å². The average molecular weight is 441 g/mol. The molecule has 144 valence electrons. The molecule has 1 atom stereocenters. The number of fused-ring (bicyclic) bond motifs is 1. The molecule has 1 saturated heterocycles. The average Bonchev–Trinajstić information content (AvgIpc) is 2.74. The number of carbonyl (C=O) groups is 1. The number of hydrogen-bond donors (Lipinski definition) is 1. The van der Waals surface area contributed by atoms with E-state index in [1.807, 2.05) is 53.4 Å². The highest BCUT2D eigenvalue weighted by atomic mass is 79.9. The standard InChI is InChI=1S/C21H21BrN4O2/c22-16-6-7-18-17(13-16)20(24-14-23-18)25-19(12-15-4-2-1-3-5-15)21(27)26-8-10-28-11-9-26/h1-7,13-14,19H,8-12H2,(H,23,24,25). The van der Waals surface area contributed by atoms with Crippen LogP contribution in [0, 0.1) is 0 Å². The molecule has 6 nitrogen and oxygen atoms in total. The van der Waals surface area contributed by atoms with E-state index in [9.17, 15) is 4.79 Å². The van der Waals surface area contributed by atoms with E-state index in [-0.39, 0.29) is 5.91 Å². The van der Waals surface area contributed by atoms with Gasteiger partial charge in [-0.05, 0) is 23.8 Å².